The van der Waals surface area contributed by atoms with Gasteiger partial charge in [-0.3, -0.25) is 4.79 Å². The van der Waals surface area contributed by atoms with Crippen molar-refractivity contribution in [2.24, 2.45) is 0 Å². The maximum atomic E-state index is 13.5. The maximum absolute atomic E-state index is 13.5. The fourth-order valence-electron chi connectivity index (χ4n) is 4.21. The summed E-state index contributed by atoms with van der Waals surface area (Å²) < 4.78 is 20.6. The van der Waals surface area contributed by atoms with Crippen molar-refractivity contribution in [1.82, 2.24) is 19.7 Å². The topological polar surface area (TPSA) is 100 Å². The molecule has 5 rings (SSSR count). The summed E-state index contributed by atoms with van der Waals surface area (Å²) in [5.74, 6) is 1.26. The molecule has 2 aromatic heterocycles. The van der Waals surface area contributed by atoms with Crippen LogP contribution < -0.4 is 15.5 Å². The van der Waals surface area contributed by atoms with Gasteiger partial charge < -0.3 is 23.9 Å². The maximum Gasteiger partial charge on any atom is 0.494 e. The number of carbonyl (C=O) groups excluding carboxylic acids is 1. The summed E-state index contributed by atoms with van der Waals surface area (Å²) in [4.78, 5) is 18.1. The highest BCUT2D eigenvalue weighted by molar-refractivity contribution is 6.62. The highest BCUT2D eigenvalue weighted by Crippen LogP contribution is 2.37. The van der Waals surface area contributed by atoms with E-state index in [1.165, 1.54) is 0 Å². The molecule has 0 spiro atoms. The number of pyridine rings is 1. The van der Waals surface area contributed by atoms with Crippen molar-refractivity contribution < 1.29 is 18.8 Å². The fraction of sp³-hybridized carbons (Fsp3) is 0.440. The van der Waals surface area contributed by atoms with Crippen LogP contribution in [0.3, 0.4) is 0 Å². The summed E-state index contributed by atoms with van der Waals surface area (Å²) in [6.45, 7) is 10.8. The Morgan fingerprint density at radius 3 is 2.66 bits per heavy atom. The molecule has 1 saturated heterocycles. The molecule has 3 aromatic rings. The van der Waals surface area contributed by atoms with Crippen LogP contribution >= 0.6 is 0 Å². The molecule has 1 aromatic carbocycles. The second-order valence-corrected chi connectivity index (χ2v) is 10.1. The summed E-state index contributed by atoms with van der Waals surface area (Å²) in [5.41, 5.74) is 0.833. The van der Waals surface area contributed by atoms with E-state index in [0.29, 0.717) is 28.6 Å². The Morgan fingerprint density at radius 2 is 1.89 bits per heavy atom. The van der Waals surface area contributed by atoms with E-state index < -0.39 is 18.3 Å². The van der Waals surface area contributed by atoms with E-state index >= 15 is 0 Å². The molecule has 4 heterocycles. The molecule has 9 nitrogen and oxygen atoms in total. The van der Waals surface area contributed by atoms with E-state index in [1.807, 2.05) is 63.5 Å². The van der Waals surface area contributed by atoms with Gasteiger partial charge in [-0.2, -0.15) is 0 Å². The van der Waals surface area contributed by atoms with E-state index in [1.54, 1.807) is 18.5 Å². The Hall–Kier alpha value is -3.24. The van der Waals surface area contributed by atoms with Gasteiger partial charge in [0.15, 0.2) is 5.82 Å². The van der Waals surface area contributed by atoms with Crippen molar-refractivity contribution in [1.29, 1.82) is 0 Å². The second-order valence-electron chi connectivity index (χ2n) is 10.1. The van der Waals surface area contributed by atoms with Gasteiger partial charge in [-0.05, 0) is 77.2 Å². The third kappa shape index (κ3) is 4.55. The van der Waals surface area contributed by atoms with Crippen molar-refractivity contribution in [3.63, 3.8) is 0 Å². The number of aryl methyl sites for hydroxylation is 1. The first-order valence-electron chi connectivity index (χ1n) is 12.0. The lowest BCUT2D eigenvalue weighted by molar-refractivity contribution is 0.00578. The lowest BCUT2D eigenvalue weighted by Gasteiger charge is -2.32. The monoisotopic (exact) mass is 475 g/mol. The first-order valence-corrected chi connectivity index (χ1v) is 12.0. The molecule has 2 bridgehead atoms. The number of fused-ring (bicyclic) bond motifs is 5. The fourth-order valence-corrected chi connectivity index (χ4v) is 4.21. The van der Waals surface area contributed by atoms with E-state index in [0.717, 1.165) is 24.8 Å². The number of aromatic nitrogens is 4. The zero-order valence-electron chi connectivity index (χ0n) is 20.7. The first kappa shape index (κ1) is 23.5. The lowest BCUT2D eigenvalue weighted by atomic mass is 9.78. The van der Waals surface area contributed by atoms with Gasteiger partial charge in [0, 0.05) is 6.54 Å². The Bertz CT molecular complexity index is 1240. The zero-order chi connectivity index (χ0) is 24.8. The number of benzene rings is 1. The molecule has 1 fully saturated rings. The molecular formula is C25H30BN5O4. The van der Waals surface area contributed by atoms with Gasteiger partial charge in [0.1, 0.15) is 23.6 Å². The van der Waals surface area contributed by atoms with Gasteiger partial charge in [0.05, 0.1) is 22.9 Å². The Labute approximate surface area is 205 Å². The summed E-state index contributed by atoms with van der Waals surface area (Å²) in [5, 5.41) is 11.2. The molecule has 0 unspecified atom stereocenters. The average Bonchev–Trinajstić information content (AvgIpc) is 3.34. The second kappa shape index (κ2) is 8.76. The molecule has 0 radical (unpaired) electrons. The molecular weight excluding hydrogens is 445 g/mol. The van der Waals surface area contributed by atoms with Crippen LogP contribution in [0.2, 0.25) is 0 Å². The minimum Gasteiger partial charge on any atom is -0.490 e. The van der Waals surface area contributed by atoms with Gasteiger partial charge in [-0.15, -0.1) is 10.2 Å². The lowest BCUT2D eigenvalue weighted by Crippen LogP contribution is -2.41. The Balaban J connectivity index is 1.52. The van der Waals surface area contributed by atoms with Crippen molar-refractivity contribution in [2.75, 3.05) is 5.32 Å². The van der Waals surface area contributed by atoms with Crippen LogP contribution in [-0.2, 0) is 15.9 Å². The van der Waals surface area contributed by atoms with Gasteiger partial charge in [-0.25, -0.2) is 4.98 Å². The molecule has 1 amide bonds. The smallest absolute Gasteiger partial charge is 0.490 e. The highest BCUT2D eigenvalue weighted by Gasteiger charge is 2.51. The number of hydrogen-bond donors (Lipinski definition) is 1. The van der Waals surface area contributed by atoms with Gasteiger partial charge in [-0.1, -0.05) is 12.1 Å². The molecule has 35 heavy (non-hydrogen) atoms. The van der Waals surface area contributed by atoms with Crippen LogP contribution in [0.4, 0.5) is 5.82 Å². The number of nitrogens with one attached hydrogen (secondary N) is 1. The van der Waals surface area contributed by atoms with E-state index in [-0.39, 0.29) is 12.0 Å². The SMILES string of the molecule is C[C@H]1CCCn2cnnc2-c2cccc(n2)NC(=O)c2cc(B3OC(C)(C)C(C)(C)O3)ccc2O1. The number of hydrogen-bond acceptors (Lipinski definition) is 7. The van der Waals surface area contributed by atoms with Crippen LogP contribution in [0.15, 0.2) is 42.7 Å². The summed E-state index contributed by atoms with van der Waals surface area (Å²) in [6.07, 6.45) is 3.26. The largest absolute Gasteiger partial charge is 0.494 e. The van der Waals surface area contributed by atoms with Crippen molar-refractivity contribution in [2.45, 2.75) is 71.3 Å². The number of anilines is 1. The third-order valence-corrected chi connectivity index (χ3v) is 6.95. The molecule has 182 valence electrons. The van der Waals surface area contributed by atoms with Crippen molar-refractivity contribution >= 4 is 24.3 Å². The zero-order valence-corrected chi connectivity index (χ0v) is 20.7. The third-order valence-electron chi connectivity index (χ3n) is 6.95. The highest BCUT2D eigenvalue weighted by atomic mass is 16.7. The quantitative estimate of drug-likeness (QED) is 0.538. The molecule has 2 aliphatic heterocycles. The minimum absolute atomic E-state index is 0.0944. The van der Waals surface area contributed by atoms with E-state index in [2.05, 4.69) is 20.5 Å². The van der Waals surface area contributed by atoms with E-state index in [9.17, 15) is 4.79 Å². The standard InChI is InChI=1S/C25H30BN5O4/c1-16-8-7-13-31-15-27-30-22(31)19-9-6-10-21(28-19)29-23(32)18-14-17(11-12-20(18)33-16)26-34-24(2,3)25(4,5)35-26/h6,9-12,14-16H,7-8,13H2,1-5H3,(H,28,29,32)/t16-/m0/s1. The Kier molecular flexibility index (Phi) is 5.89. The van der Waals surface area contributed by atoms with E-state index in [4.69, 9.17) is 14.0 Å². The number of rotatable bonds is 1. The van der Waals surface area contributed by atoms with Crippen LogP contribution in [-0.4, -0.2) is 50.1 Å². The molecule has 1 atom stereocenters. The van der Waals surface area contributed by atoms with Crippen LogP contribution in [0.25, 0.3) is 11.5 Å². The molecule has 1 N–H and O–H groups in total. The summed E-state index contributed by atoms with van der Waals surface area (Å²) in [7, 11) is -0.587. The molecule has 0 aliphatic carbocycles. The number of nitrogens with zero attached hydrogens (tertiary/aromatic N) is 4. The first-order chi connectivity index (χ1) is 16.6. The molecule has 10 heteroatoms. The van der Waals surface area contributed by atoms with Gasteiger partial charge in [0.25, 0.3) is 5.91 Å². The van der Waals surface area contributed by atoms with Gasteiger partial charge in [0.2, 0.25) is 0 Å². The molecule has 2 aliphatic rings. The van der Waals surface area contributed by atoms with Gasteiger partial charge >= 0.3 is 7.12 Å². The Morgan fingerprint density at radius 1 is 1.11 bits per heavy atom. The minimum atomic E-state index is -0.587. The number of amides is 1. The van der Waals surface area contributed by atoms with Crippen LogP contribution in [0.1, 0.15) is 57.8 Å². The summed E-state index contributed by atoms with van der Waals surface area (Å²) in [6, 6.07) is 10.9. The van der Waals surface area contributed by atoms with Crippen LogP contribution in [0.5, 0.6) is 5.75 Å². The predicted octanol–water partition coefficient (Wildman–Crippen LogP) is 3.45. The van der Waals surface area contributed by atoms with Crippen molar-refractivity contribution in [3.05, 3.63) is 48.3 Å². The average molecular weight is 475 g/mol. The molecule has 0 saturated carbocycles. The summed E-state index contributed by atoms with van der Waals surface area (Å²) >= 11 is 0. The number of carbonyl (C=O) groups is 1. The normalized spacial score (nSPS) is 21.3. The number of ether oxygens (including phenoxy) is 1. The van der Waals surface area contributed by atoms with Crippen LogP contribution in [0, 0.1) is 0 Å². The van der Waals surface area contributed by atoms with Crippen molar-refractivity contribution in [3.8, 4) is 17.3 Å². The predicted molar refractivity (Wildman–Crippen MR) is 133 cm³/mol.